The van der Waals surface area contributed by atoms with Crippen molar-refractivity contribution in [3.05, 3.63) is 0 Å². The molecule has 0 aliphatic heterocycles. The fourth-order valence-corrected chi connectivity index (χ4v) is 3.02. The lowest BCUT2D eigenvalue weighted by Gasteiger charge is -2.23. The highest BCUT2D eigenvalue weighted by Crippen LogP contribution is 2.02. The second kappa shape index (κ2) is 14.5. The van der Waals surface area contributed by atoms with Crippen molar-refractivity contribution in [2.75, 3.05) is 30.6 Å². The number of rotatable bonds is 14. The quantitative estimate of drug-likeness (QED) is 0.186. The van der Waals surface area contributed by atoms with Crippen molar-refractivity contribution in [2.45, 2.75) is 44.0 Å². The number of amides is 3. The molecule has 162 valence electrons. The van der Waals surface area contributed by atoms with Crippen LogP contribution in [0.4, 0.5) is 0 Å². The van der Waals surface area contributed by atoms with Gasteiger partial charge in [-0.15, -0.1) is 0 Å². The highest BCUT2D eigenvalue weighted by atomic mass is 32.2. The lowest BCUT2D eigenvalue weighted by molar-refractivity contribution is -0.141. The SMILES string of the molecule is CSCCC(N)C(=O)NC(C(=O)NCC(=O)NC(CCSC)C(=O)O)C(C)O. The zero-order valence-electron chi connectivity index (χ0n) is 16.3. The van der Waals surface area contributed by atoms with Crippen LogP contribution < -0.4 is 21.7 Å². The van der Waals surface area contributed by atoms with Gasteiger partial charge < -0.3 is 31.9 Å². The molecule has 0 saturated heterocycles. The molecular formula is C16H30N4O6S2. The summed E-state index contributed by atoms with van der Waals surface area (Å²) in [6, 6.07) is -3.16. The van der Waals surface area contributed by atoms with Gasteiger partial charge in [0.1, 0.15) is 12.1 Å². The van der Waals surface area contributed by atoms with Gasteiger partial charge in [-0.2, -0.15) is 23.5 Å². The van der Waals surface area contributed by atoms with E-state index in [1.807, 2.05) is 12.5 Å². The van der Waals surface area contributed by atoms with Gasteiger partial charge in [0.2, 0.25) is 17.7 Å². The molecule has 3 amide bonds. The van der Waals surface area contributed by atoms with Crippen molar-refractivity contribution in [3.8, 4) is 0 Å². The molecule has 0 spiro atoms. The van der Waals surface area contributed by atoms with Crippen LogP contribution in [0.1, 0.15) is 19.8 Å². The molecule has 0 aromatic heterocycles. The normalized spacial score (nSPS) is 15.0. The van der Waals surface area contributed by atoms with E-state index in [2.05, 4.69) is 16.0 Å². The number of hydrogen-bond acceptors (Lipinski definition) is 8. The lowest BCUT2D eigenvalue weighted by Crippen LogP contribution is -2.57. The predicted molar refractivity (Wildman–Crippen MR) is 110 cm³/mol. The van der Waals surface area contributed by atoms with E-state index in [4.69, 9.17) is 10.8 Å². The maximum absolute atomic E-state index is 12.2. The van der Waals surface area contributed by atoms with E-state index in [1.54, 1.807) is 0 Å². The predicted octanol–water partition coefficient (Wildman–Crippen LogP) is -1.63. The summed E-state index contributed by atoms with van der Waals surface area (Å²) in [5.74, 6) is -1.98. The molecule has 0 bridgehead atoms. The first-order valence-electron chi connectivity index (χ1n) is 8.65. The summed E-state index contributed by atoms with van der Waals surface area (Å²) in [4.78, 5) is 47.3. The van der Waals surface area contributed by atoms with E-state index >= 15 is 0 Å². The van der Waals surface area contributed by atoms with Crippen LogP contribution in [0.5, 0.6) is 0 Å². The number of aliphatic hydroxyl groups is 1. The number of aliphatic hydroxyl groups excluding tert-OH is 1. The first kappa shape index (κ1) is 26.5. The first-order valence-corrected chi connectivity index (χ1v) is 11.4. The Morgan fingerprint density at radius 1 is 1.00 bits per heavy atom. The molecule has 0 radical (unpaired) electrons. The molecule has 0 rings (SSSR count). The van der Waals surface area contributed by atoms with Gasteiger partial charge in [0.25, 0.3) is 0 Å². The fourth-order valence-electron chi connectivity index (χ4n) is 2.06. The number of carboxylic acid groups (broad SMARTS) is 1. The highest BCUT2D eigenvalue weighted by molar-refractivity contribution is 7.98. The van der Waals surface area contributed by atoms with Crippen LogP contribution in [0, 0.1) is 0 Å². The van der Waals surface area contributed by atoms with Gasteiger partial charge in [-0.25, -0.2) is 4.79 Å². The summed E-state index contributed by atoms with van der Waals surface area (Å²) < 4.78 is 0. The Bertz CT molecular complexity index is 535. The molecule has 0 heterocycles. The van der Waals surface area contributed by atoms with Crippen molar-refractivity contribution >= 4 is 47.2 Å². The van der Waals surface area contributed by atoms with Gasteiger partial charge in [0.15, 0.2) is 0 Å². The van der Waals surface area contributed by atoms with Crippen LogP contribution >= 0.6 is 23.5 Å². The molecule has 0 fully saturated rings. The summed E-state index contributed by atoms with van der Waals surface area (Å²) in [6.45, 7) is 0.834. The number of nitrogens with two attached hydrogens (primary N) is 1. The number of hydrogen-bond donors (Lipinski definition) is 6. The van der Waals surface area contributed by atoms with Crippen LogP contribution in [0.2, 0.25) is 0 Å². The molecule has 4 unspecified atom stereocenters. The second-order valence-corrected chi connectivity index (χ2v) is 8.04. The summed E-state index contributed by atoms with van der Waals surface area (Å²) in [5.41, 5.74) is 5.74. The molecule has 4 atom stereocenters. The number of carbonyl (C=O) groups is 4. The van der Waals surface area contributed by atoms with Crippen LogP contribution in [0.3, 0.4) is 0 Å². The van der Waals surface area contributed by atoms with Gasteiger partial charge in [-0.1, -0.05) is 0 Å². The lowest BCUT2D eigenvalue weighted by atomic mass is 10.1. The van der Waals surface area contributed by atoms with Crippen molar-refractivity contribution in [2.24, 2.45) is 5.73 Å². The van der Waals surface area contributed by atoms with Crippen LogP contribution in [0.15, 0.2) is 0 Å². The minimum absolute atomic E-state index is 0.247. The average molecular weight is 439 g/mol. The minimum Gasteiger partial charge on any atom is -0.480 e. The Kier molecular flexibility index (Phi) is 13.7. The molecule has 0 aromatic rings. The fraction of sp³-hybridized carbons (Fsp3) is 0.750. The summed E-state index contributed by atoms with van der Waals surface area (Å²) in [7, 11) is 0. The molecular weight excluding hydrogens is 408 g/mol. The molecule has 10 nitrogen and oxygen atoms in total. The smallest absolute Gasteiger partial charge is 0.326 e. The van der Waals surface area contributed by atoms with Gasteiger partial charge in [-0.3, -0.25) is 14.4 Å². The third-order valence-electron chi connectivity index (χ3n) is 3.70. The summed E-state index contributed by atoms with van der Waals surface area (Å²) in [6.07, 6.45) is 3.14. The second-order valence-electron chi connectivity index (χ2n) is 6.07. The zero-order valence-corrected chi connectivity index (χ0v) is 17.9. The van der Waals surface area contributed by atoms with Crippen molar-refractivity contribution in [3.63, 3.8) is 0 Å². The molecule has 12 heteroatoms. The van der Waals surface area contributed by atoms with Crippen molar-refractivity contribution in [1.82, 2.24) is 16.0 Å². The third kappa shape index (κ3) is 10.7. The van der Waals surface area contributed by atoms with Crippen LogP contribution in [0.25, 0.3) is 0 Å². The molecule has 0 aromatic carbocycles. The largest absolute Gasteiger partial charge is 0.480 e. The standard InChI is InChI=1S/C16H30N4O6S2/c1-9(21)13(20-14(23)10(17)4-6-27-2)15(24)18-8-12(22)19-11(16(25)26)5-7-28-3/h9-11,13,21H,4-8,17H2,1-3H3,(H,18,24)(H,19,22)(H,20,23)(H,25,26). The Morgan fingerprint density at radius 3 is 2.07 bits per heavy atom. The number of aliphatic carboxylic acids is 1. The number of thioether (sulfide) groups is 2. The van der Waals surface area contributed by atoms with E-state index in [0.717, 1.165) is 0 Å². The van der Waals surface area contributed by atoms with Crippen molar-refractivity contribution in [1.29, 1.82) is 0 Å². The topological polar surface area (TPSA) is 171 Å². The van der Waals surface area contributed by atoms with Gasteiger partial charge in [0.05, 0.1) is 18.7 Å². The van der Waals surface area contributed by atoms with E-state index in [9.17, 15) is 24.3 Å². The Morgan fingerprint density at radius 2 is 1.57 bits per heavy atom. The summed E-state index contributed by atoms with van der Waals surface area (Å²) in [5, 5.41) is 25.8. The molecule has 0 aliphatic carbocycles. The molecule has 28 heavy (non-hydrogen) atoms. The summed E-state index contributed by atoms with van der Waals surface area (Å²) >= 11 is 2.97. The maximum atomic E-state index is 12.2. The van der Waals surface area contributed by atoms with E-state index in [0.29, 0.717) is 17.9 Å². The first-order chi connectivity index (χ1) is 13.1. The Balaban J connectivity index is 4.66. The monoisotopic (exact) mass is 438 g/mol. The van der Waals surface area contributed by atoms with Crippen LogP contribution in [-0.2, 0) is 19.2 Å². The molecule has 0 aliphatic rings. The Hall–Kier alpha value is -1.50. The van der Waals surface area contributed by atoms with E-state index < -0.39 is 54.5 Å². The van der Waals surface area contributed by atoms with Gasteiger partial charge in [-0.05, 0) is 43.8 Å². The highest BCUT2D eigenvalue weighted by Gasteiger charge is 2.28. The third-order valence-corrected chi connectivity index (χ3v) is 4.99. The van der Waals surface area contributed by atoms with Crippen LogP contribution in [-0.4, -0.2) is 88.7 Å². The molecule has 0 saturated carbocycles. The molecule has 7 N–H and O–H groups in total. The van der Waals surface area contributed by atoms with Gasteiger partial charge in [0, 0.05) is 0 Å². The maximum Gasteiger partial charge on any atom is 0.326 e. The number of nitrogens with one attached hydrogen (secondary N) is 3. The minimum atomic E-state index is -1.28. The van der Waals surface area contributed by atoms with Crippen molar-refractivity contribution < 1.29 is 29.4 Å². The van der Waals surface area contributed by atoms with Gasteiger partial charge >= 0.3 is 5.97 Å². The van der Waals surface area contributed by atoms with E-state index in [1.165, 1.54) is 30.4 Å². The zero-order chi connectivity index (χ0) is 21.7. The number of carbonyl (C=O) groups excluding carboxylic acids is 3. The average Bonchev–Trinajstić information content (AvgIpc) is 2.64. The van der Waals surface area contributed by atoms with E-state index in [-0.39, 0.29) is 6.42 Å². The Labute approximate surface area is 173 Å². The number of carboxylic acids is 1.